The molecule has 0 saturated heterocycles. The van der Waals surface area contributed by atoms with Crippen LogP contribution in [-0.4, -0.2) is 43.7 Å². The van der Waals surface area contributed by atoms with Crippen molar-refractivity contribution in [3.05, 3.63) is 36.3 Å². The fourth-order valence-electron chi connectivity index (χ4n) is 2.47. The molecule has 0 bridgehead atoms. The van der Waals surface area contributed by atoms with Crippen molar-refractivity contribution in [1.82, 2.24) is 19.7 Å². The lowest BCUT2D eigenvalue weighted by Gasteiger charge is -2.04. The van der Waals surface area contributed by atoms with E-state index in [0.29, 0.717) is 16.9 Å². The second-order valence-electron chi connectivity index (χ2n) is 5.23. The number of carboxylic acid groups (broad SMARTS) is 1. The Hall–Kier alpha value is -3.29. The summed E-state index contributed by atoms with van der Waals surface area (Å²) in [5.74, 6) is -0.726. The highest BCUT2D eigenvalue weighted by Gasteiger charge is 2.16. The smallest absolute Gasteiger partial charge is 0.325 e. The summed E-state index contributed by atoms with van der Waals surface area (Å²) in [7, 11) is 1.73. The summed E-state index contributed by atoms with van der Waals surface area (Å²) in [5, 5.41) is 16.6. The molecule has 24 heavy (non-hydrogen) atoms. The number of carbonyl (C=O) groups excluding carboxylic acids is 1. The topological polar surface area (TPSA) is 110 Å². The first-order valence-electron chi connectivity index (χ1n) is 7.23. The van der Waals surface area contributed by atoms with Gasteiger partial charge < -0.3 is 10.4 Å². The van der Waals surface area contributed by atoms with Crippen molar-refractivity contribution in [3.63, 3.8) is 0 Å². The Kier molecular flexibility index (Phi) is 3.95. The van der Waals surface area contributed by atoms with Crippen LogP contribution in [0.25, 0.3) is 22.0 Å². The highest BCUT2D eigenvalue weighted by molar-refractivity contribution is 6.06. The minimum Gasteiger partial charge on any atom is -0.480 e. The molecule has 2 N–H and O–H groups in total. The molecule has 0 unspecified atom stereocenters. The van der Waals surface area contributed by atoms with Gasteiger partial charge in [-0.15, -0.1) is 0 Å². The van der Waals surface area contributed by atoms with E-state index < -0.39 is 5.97 Å². The zero-order chi connectivity index (χ0) is 17.3. The van der Waals surface area contributed by atoms with Gasteiger partial charge >= 0.3 is 5.97 Å². The standard InChI is InChI=1S/C16H15N5O3/c1-9(22)15-12-5-10(11-6-18-16(17-2)19-7-11)3-4-13(12)21(20-15)8-14(23)24/h3-7H,8H2,1-2H3,(H,23,24)(H,17,18,19). The summed E-state index contributed by atoms with van der Waals surface area (Å²) in [5.41, 5.74) is 2.46. The number of nitrogens with one attached hydrogen (secondary N) is 1. The van der Waals surface area contributed by atoms with Crippen molar-refractivity contribution in [2.75, 3.05) is 12.4 Å². The molecule has 8 heteroatoms. The molecule has 0 fully saturated rings. The third-order valence-corrected chi connectivity index (χ3v) is 3.58. The molecule has 0 aliphatic carbocycles. The molecule has 3 aromatic rings. The van der Waals surface area contributed by atoms with Crippen LogP contribution in [0.5, 0.6) is 0 Å². The lowest BCUT2D eigenvalue weighted by Crippen LogP contribution is -2.10. The Balaban J connectivity index is 2.13. The quantitative estimate of drug-likeness (QED) is 0.688. The molecule has 2 heterocycles. The molecule has 0 amide bonds. The predicted octanol–water partition coefficient (Wildman–Crippen LogP) is 1.82. The normalized spacial score (nSPS) is 10.8. The van der Waals surface area contributed by atoms with E-state index in [1.807, 2.05) is 6.07 Å². The van der Waals surface area contributed by atoms with Gasteiger partial charge in [0, 0.05) is 37.3 Å². The van der Waals surface area contributed by atoms with Crippen LogP contribution in [0.1, 0.15) is 17.4 Å². The summed E-state index contributed by atoms with van der Waals surface area (Å²) in [6.45, 7) is 1.10. The number of aliphatic carboxylic acids is 1. The summed E-state index contributed by atoms with van der Waals surface area (Å²) >= 11 is 0. The zero-order valence-corrected chi connectivity index (χ0v) is 13.1. The number of benzene rings is 1. The second-order valence-corrected chi connectivity index (χ2v) is 5.23. The molecule has 0 spiro atoms. The summed E-state index contributed by atoms with van der Waals surface area (Å²) in [4.78, 5) is 31.1. The second kappa shape index (κ2) is 6.07. The summed E-state index contributed by atoms with van der Waals surface area (Å²) in [6.07, 6.45) is 3.35. The Labute approximate surface area is 137 Å². The number of anilines is 1. The van der Waals surface area contributed by atoms with E-state index in [1.165, 1.54) is 11.6 Å². The van der Waals surface area contributed by atoms with E-state index in [4.69, 9.17) is 5.11 Å². The van der Waals surface area contributed by atoms with E-state index in [-0.39, 0.29) is 18.0 Å². The Morgan fingerprint density at radius 2 is 1.92 bits per heavy atom. The van der Waals surface area contributed by atoms with Gasteiger partial charge in [0.1, 0.15) is 12.2 Å². The summed E-state index contributed by atoms with van der Waals surface area (Å²) in [6, 6.07) is 5.37. The molecular formula is C16H15N5O3. The maximum absolute atomic E-state index is 11.8. The van der Waals surface area contributed by atoms with Crippen LogP contribution in [-0.2, 0) is 11.3 Å². The van der Waals surface area contributed by atoms with Crippen LogP contribution in [0, 0.1) is 0 Å². The van der Waals surface area contributed by atoms with Crippen molar-refractivity contribution < 1.29 is 14.7 Å². The molecule has 0 saturated carbocycles. The SMILES string of the molecule is CNc1ncc(-c2ccc3c(c2)c(C(C)=O)nn3CC(=O)O)cn1. The van der Waals surface area contributed by atoms with Crippen LogP contribution >= 0.6 is 0 Å². The molecule has 2 aromatic heterocycles. The third-order valence-electron chi connectivity index (χ3n) is 3.58. The van der Waals surface area contributed by atoms with Gasteiger partial charge in [-0.05, 0) is 17.7 Å². The lowest BCUT2D eigenvalue weighted by molar-refractivity contribution is -0.137. The third kappa shape index (κ3) is 2.81. The van der Waals surface area contributed by atoms with E-state index in [2.05, 4.69) is 20.4 Å². The van der Waals surface area contributed by atoms with E-state index in [9.17, 15) is 9.59 Å². The van der Waals surface area contributed by atoms with E-state index in [0.717, 1.165) is 11.1 Å². The Bertz CT molecular complexity index is 931. The fraction of sp³-hybridized carbons (Fsp3) is 0.188. The van der Waals surface area contributed by atoms with Crippen LogP contribution in [0.4, 0.5) is 5.95 Å². The van der Waals surface area contributed by atoms with Crippen molar-refractivity contribution in [2.24, 2.45) is 0 Å². The molecule has 0 aliphatic heterocycles. The number of carboxylic acids is 1. The molecule has 122 valence electrons. The minimum absolute atomic E-state index is 0.219. The Morgan fingerprint density at radius 1 is 1.21 bits per heavy atom. The molecule has 0 atom stereocenters. The first-order chi connectivity index (χ1) is 11.5. The monoisotopic (exact) mass is 325 g/mol. The van der Waals surface area contributed by atoms with Gasteiger partial charge in [-0.1, -0.05) is 6.07 Å². The van der Waals surface area contributed by atoms with Gasteiger partial charge in [-0.3, -0.25) is 14.3 Å². The lowest BCUT2D eigenvalue weighted by atomic mass is 10.0. The maximum atomic E-state index is 11.8. The van der Waals surface area contributed by atoms with Crippen molar-refractivity contribution in [2.45, 2.75) is 13.5 Å². The fourth-order valence-corrected chi connectivity index (χ4v) is 2.47. The van der Waals surface area contributed by atoms with Crippen LogP contribution < -0.4 is 5.32 Å². The molecule has 8 nitrogen and oxygen atoms in total. The molecular weight excluding hydrogens is 310 g/mol. The van der Waals surface area contributed by atoms with Crippen LogP contribution in [0.2, 0.25) is 0 Å². The number of hydrogen-bond donors (Lipinski definition) is 2. The minimum atomic E-state index is -1.02. The average molecular weight is 325 g/mol. The van der Waals surface area contributed by atoms with Gasteiger partial charge in [-0.2, -0.15) is 5.10 Å². The number of aromatic nitrogens is 4. The highest BCUT2D eigenvalue weighted by atomic mass is 16.4. The van der Waals surface area contributed by atoms with Crippen LogP contribution in [0.15, 0.2) is 30.6 Å². The number of fused-ring (bicyclic) bond motifs is 1. The van der Waals surface area contributed by atoms with Crippen LogP contribution in [0.3, 0.4) is 0 Å². The molecule has 3 rings (SSSR count). The highest BCUT2D eigenvalue weighted by Crippen LogP contribution is 2.26. The maximum Gasteiger partial charge on any atom is 0.325 e. The zero-order valence-electron chi connectivity index (χ0n) is 13.1. The number of rotatable bonds is 5. The molecule has 1 aromatic carbocycles. The number of Topliss-reactive ketones (excluding diaryl/α,β-unsaturated/α-hetero) is 1. The van der Waals surface area contributed by atoms with Gasteiger partial charge in [0.15, 0.2) is 5.78 Å². The number of hydrogen-bond acceptors (Lipinski definition) is 6. The largest absolute Gasteiger partial charge is 0.480 e. The predicted molar refractivity (Wildman–Crippen MR) is 87.9 cm³/mol. The average Bonchev–Trinajstić information content (AvgIpc) is 2.92. The van der Waals surface area contributed by atoms with E-state index in [1.54, 1.807) is 31.6 Å². The number of nitrogens with zero attached hydrogens (tertiary/aromatic N) is 4. The number of ketones is 1. The number of carbonyl (C=O) groups is 2. The van der Waals surface area contributed by atoms with Crippen molar-refractivity contribution in [1.29, 1.82) is 0 Å². The first kappa shape index (κ1) is 15.6. The van der Waals surface area contributed by atoms with Gasteiger partial charge in [-0.25, -0.2) is 9.97 Å². The summed E-state index contributed by atoms with van der Waals surface area (Å²) < 4.78 is 1.32. The van der Waals surface area contributed by atoms with Crippen molar-refractivity contribution >= 4 is 28.6 Å². The van der Waals surface area contributed by atoms with Gasteiger partial charge in [0.2, 0.25) is 5.95 Å². The molecule has 0 radical (unpaired) electrons. The molecule has 0 aliphatic rings. The first-order valence-corrected chi connectivity index (χ1v) is 7.23. The van der Waals surface area contributed by atoms with E-state index >= 15 is 0 Å². The van der Waals surface area contributed by atoms with Crippen molar-refractivity contribution in [3.8, 4) is 11.1 Å². The van der Waals surface area contributed by atoms with Gasteiger partial charge in [0.25, 0.3) is 0 Å². The Morgan fingerprint density at radius 3 is 2.50 bits per heavy atom. The van der Waals surface area contributed by atoms with Gasteiger partial charge in [0.05, 0.1) is 5.52 Å².